The number of aromatic nitrogens is 2. The quantitative estimate of drug-likeness (QED) is 0.376. The van der Waals surface area contributed by atoms with Gasteiger partial charge in [0.1, 0.15) is 5.76 Å². The molecule has 2 aromatic heterocycles. The Bertz CT molecular complexity index is 1730. The highest BCUT2D eigenvalue weighted by Gasteiger charge is 2.59. The van der Waals surface area contributed by atoms with Crippen molar-refractivity contribution in [2.45, 2.75) is 39.2 Å². The van der Waals surface area contributed by atoms with Crippen LogP contribution in [0.4, 0.5) is 17.1 Å². The number of fused-ring (bicyclic) bond motifs is 2. The van der Waals surface area contributed by atoms with Crippen molar-refractivity contribution >= 4 is 28.9 Å². The Hall–Kier alpha value is -4.86. The van der Waals surface area contributed by atoms with Crippen molar-refractivity contribution in [3.05, 3.63) is 93.2 Å². The van der Waals surface area contributed by atoms with Crippen molar-refractivity contribution in [3.8, 4) is 11.1 Å². The van der Waals surface area contributed by atoms with Gasteiger partial charge in [-0.25, -0.2) is 4.98 Å². The van der Waals surface area contributed by atoms with E-state index in [1.807, 2.05) is 38.1 Å². The number of hydrazine groups is 1. The standard InChI is InChI=1S/C30H30N6O4/c1-5-35-26-23(15-17(2)32-25(26)28(38)33-21-8-6-7-20(16-21)27(31)37)30(13-14-30)36(35)22-11-9-19(10-12-22)24-18(3)40-34(4)29(24)39/h6-12,15-16H,5,13-14H2,1-4H3,(H2,31,37)(H,33,38). The minimum atomic E-state index is -0.566. The van der Waals surface area contributed by atoms with Gasteiger partial charge in [0.2, 0.25) is 5.91 Å². The van der Waals surface area contributed by atoms with Crippen LogP contribution in [-0.4, -0.2) is 28.1 Å². The fraction of sp³-hybridized carbons (Fsp3) is 0.267. The van der Waals surface area contributed by atoms with E-state index in [0.717, 1.165) is 41.0 Å². The maximum atomic E-state index is 13.6. The molecule has 0 saturated heterocycles. The fourth-order valence-electron chi connectivity index (χ4n) is 5.81. The van der Waals surface area contributed by atoms with Crippen LogP contribution >= 0.6 is 0 Å². The Labute approximate surface area is 230 Å². The van der Waals surface area contributed by atoms with Gasteiger partial charge in [-0.15, -0.1) is 0 Å². The van der Waals surface area contributed by atoms with Crippen LogP contribution in [0.3, 0.4) is 0 Å². The molecule has 1 saturated carbocycles. The number of nitrogens with one attached hydrogen (secondary N) is 1. The van der Waals surface area contributed by atoms with E-state index < -0.39 is 5.91 Å². The molecular formula is C30H30N6O4. The Morgan fingerprint density at radius 2 is 1.82 bits per heavy atom. The molecule has 10 heteroatoms. The van der Waals surface area contributed by atoms with Crippen LogP contribution in [-0.2, 0) is 12.6 Å². The monoisotopic (exact) mass is 538 g/mol. The third-order valence-electron chi connectivity index (χ3n) is 7.70. The number of benzene rings is 2. The fourth-order valence-corrected chi connectivity index (χ4v) is 5.81. The van der Waals surface area contributed by atoms with Crippen molar-refractivity contribution in [1.29, 1.82) is 0 Å². The number of rotatable bonds is 6. The topological polar surface area (TPSA) is 127 Å². The third-order valence-corrected chi connectivity index (χ3v) is 7.70. The van der Waals surface area contributed by atoms with Crippen molar-refractivity contribution < 1.29 is 14.1 Å². The van der Waals surface area contributed by atoms with Crippen molar-refractivity contribution in [3.63, 3.8) is 0 Å². The number of pyridine rings is 1. The van der Waals surface area contributed by atoms with Gasteiger partial charge in [0.05, 0.1) is 22.5 Å². The molecule has 1 aliphatic heterocycles. The van der Waals surface area contributed by atoms with Gasteiger partial charge in [0.15, 0.2) is 5.69 Å². The zero-order valence-corrected chi connectivity index (χ0v) is 22.8. The molecule has 3 heterocycles. The molecule has 0 bridgehead atoms. The van der Waals surface area contributed by atoms with Gasteiger partial charge in [0.25, 0.3) is 11.5 Å². The van der Waals surface area contributed by atoms with E-state index in [0.29, 0.717) is 34.8 Å². The van der Waals surface area contributed by atoms with Gasteiger partial charge >= 0.3 is 0 Å². The van der Waals surface area contributed by atoms with E-state index >= 15 is 0 Å². The highest BCUT2D eigenvalue weighted by molar-refractivity contribution is 6.08. The number of hydrogen-bond donors (Lipinski definition) is 2. The summed E-state index contributed by atoms with van der Waals surface area (Å²) in [4.78, 5) is 42.5. The molecule has 2 aromatic carbocycles. The molecule has 2 amide bonds. The van der Waals surface area contributed by atoms with Gasteiger partial charge in [-0.2, -0.15) is 4.74 Å². The van der Waals surface area contributed by atoms with Crippen LogP contribution < -0.4 is 26.6 Å². The second-order valence-corrected chi connectivity index (χ2v) is 10.3. The first kappa shape index (κ1) is 25.4. The summed E-state index contributed by atoms with van der Waals surface area (Å²) in [7, 11) is 1.60. The van der Waals surface area contributed by atoms with Crippen LogP contribution in [0.15, 0.2) is 63.9 Å². The van der Waals surface area contributed by atoms with Crippen LogP contribution in [0, 0.1) is 13.8 Å². The summed E-state index contributed by atoms with van der Waals surface area (Å²) in [5, 5.41) is 7.27. The minimum Gasteiger partial charge on any atom is -0.381 e. The molecule has 1 spiro atoms. The minimum absolute atomic E-state index is 0.175. The molecule has 10 nitrogen and oxygen atoms in total. The van der Waals surface area contributed by atoms with E-state index in [4.69, 9.17) is 10.3 Å². The van der Waals surface area contributed by atoms with Crippen molar-refractivity contribution in [2.24, 2.45) is 12.8 Å². The van der Waals surface area contributed by atoms with Crippen LogP contribution in [0.5, 0.6) is 0 Å². The van der Waals surface area contributed by atoms with E-state index in [2.05, 4.69) is 26.4 Å². The average molecular weight is 539 g/mol. The number of hydrogen-bond acceptors (Lipinski definition) is 7. The molecule has 1 aliphatic carbocycles. The second kappa shape index (κ2) is 9.11. The third kappa shape index (κ3) is 3.86. The van der Waals surface area contributed by atoms with Gasteiger partial charge < -0.3 is 15.6 Å². The first-order chi connectivity index (χ1) is 19.1. The van der Waals surface area contributed by atoms with E-state index in [1.165, 1.54) is 4.74 Å². The first-order valence-electron chi connectivity index (χ1n) is 13.2. The van der Waals surface area contributed by atoms with Crippen LogP contribution in [0.25, 0.3) is 11.1 Å². The Balaban J connectivity index is 1.39. The van der Waals surface area contributed by atoms with Gasteiger partial charge in [-0.1, -0.05) is 18.2 Å². The highest BCUT2D eigenvalue weighted by atomic mass is 16.5. The maximum Gasteiger partial charge on any atom is 0.290 e. The molecular weight excluding hydrogens is 508 g/mol. The lowest BCUT2D eigenvalue weighted by molar-refractivity contribution is 0.0995. The largest absolute Gasteiger partial charge is 0.381 e. The Morgan fingerprint density at radius 3 is 2.42 bits per heavy atom. The molecule has 2 aliphatic rings. The van der Waals surface area contributed by atoms with E-state index in [1.54, 1.807) is 38.2 Å². The van der Waals surface area contributed by atoms with E-state index in [-0.39, 0.29) is 17.0 Å². The summed E-state index contributed by atoms with van der Waals surface area (Å²) in [6, 6.07) is 16.5. The molecule has 0 atom stereocenters. The molecule has 204 valence electrons. The molecule has 0 radical (unpaired) electrons. The Kier molecular flexibility index (Phi) is 5.79. The average Bonchev–Trinajstić information content (AvgIpc) is 3.62. The number of primary amides is 1. The van der Waals surface area contributed by atoms with Gasteiger partial charge in [-0.05, 0) is 75.6 Å². The van der Waals surface area contributed by atoms with Gasteiger partial charge in [0, 0.05) is 36.1 Å². The van der Waals surface area contributed by atoms with Crippen molar-refractivity contribution in [2.75, 3.05) is 21.9 Å². The molecule has 3 N–H and O–H groups in total. The molecule has 6 rings (SSSR count). The lowest BCUT2D eigenvalue weighted by atomic mass is 10.0. The van der Waals surface area contributed by atoms with Crippen LogP contribution in [0.2, 0.25) is 0 Å². The number of carbonyl (C=O) groups is 2. The zero-order chi connectivity index (χ0) is 28.3. The molecule has 1 fully saturated rings. The number of anilines is 3. The number of nitrogens with zero attached hydrogens (tertiary/aromatic N) is 4. The predicted molar refractivity (Wildman–Crippen MR) is 152 cm³/mol. The maximum absolute atomic E-state index is 13.6. The number of nitrogens with two attached hydrogens (primary N) is 1. The summed E-state index contributed by atoms with van der Waals surface area (Å²) < 4.78 is 6.71. The lowest BCUT2D eigenvalue weighted by Gasteiger charge is -2.36. The van der Waals surface area contributed by atoms with Crippen LogP contribution in [0.1, 0.15) is 57.6 Å². The second-order valence-electron chi connectivity index (χ2n) is 10.3. The summed E-state index contributed by atoms with van der Waals surface area (Å²) in [6.07, 6.45) is 1.87. The summed E-state index contributed by atoms with van der Waals surface area (Å²) in [6.45, 7) is 6.33. The highest BCUT2D eigenvalue weighted by Crippen LogP contribution is 2.61. The smallest absolute Gasteiger partial charge is 0.290 e. The summed E-state index contributed by atoms with van der Waals surface area (Å²) in [5.41, 5.74) is 11.0. The lowest BCUT2D eigenvalue weighted by Crippen LogP contribution is -2.44. The number of carbonyl (C=O) groups excluding carboxylic acids is 2. The van der Waals surface area contributed by atoms with E-state index in [9.17, 15) is 14.4 Å². The summed E-state index contributed by atoms with van der Waals surface area (Å²) in [5.74, 6) is -0.357. The first-order valence-corrected chi connectivity index (χ1v) is 13.2. The SMILES string of the molecule is CCN1c2c(cc(C)nc2C(=O)Nc2cccc(C(N)=O)c2)C2(CC2)N1c1ccc(-c2c(C)on(C)c2=O)cc1. The normalized spacial score (nSPS) is 14.9. The summed E-state index contributed by atoms with van der Waals surface area (Å²) >= 11 is 0. The van der Waals surface area contributed by atoms with Crippen molar-refractivity contribution in [1.82, 2.24) is 9.72 Å². The molecule has 40 heavy (non-hydrogen) atoms. The number of amides is 2. The van der Waals surface area contributed by atoms with Gasteiger partial charge in [-0.3, -0.25) is 24.4 Å². The predicted octanol–water partition coefficient (Wildman–Crippen LogP) is 4.26. The molecule has 0 unspecified atom stereocenters. The zero-order valence-electron chi connectivity index (χ0n) is 22.8. The number of aryl methyl sites for hydroxylation is 3. The molecule has 4 aromatic rings. The Morgan fingerprint density at radius 1 is 1.10 bits per heavy atom.